The van der Waals surface area contributed by atoms with E-state index in [1.54, 1.807) is 12.1 Å². The average Bonchev–Trinajstić information content (AvgIpc) is 2.91. The van der Waals surface area contributed by atoms with Gasteiger partial charge < -0.3 is 15.4 Å². The van der Waals surface area contributed by atoms with E-state index in [0.29, 0.717) is 23.0 Å². The lowest BCUT2D eigenvalue weighted by atomic mass is 10.1. The summed E-state index contributed by atoms with van der Waals surface area (Å²) in [4.78, 5) is 15.2. The second-order valence-electron chi connectivity index (χ2n) is 4.78. The second kappa shape index (κ2) is 7.33. The molecule has 22 heavy (non-hydrogen) atoms. The van der Waals surface area contributed by atoms with E-state index in [1.807, 2.05) is 12.3 Å². The van der Waals surface area contributed by atoms with Crippen LogP contribution in [0.1, 0.15) is 31.1 Å². The Morgan fingerprint density at radius 2 is 2.27 bits per heavy atom. The van der Waals surface area contributed by atoms with Gasteiger partial charge in [-0.15, -0.1) is 11.3 Å². The minimum atomic E-state index is -0.309. The zero-order valence-electron chi connectivity index (χ0n) is 12.6. The number of aromatic nitrogens is 1. The van der Waals surface area contributed by atoms with Crippen molar-refractivity contribution in [1.82, 2.24) is 10.3 Å². The van der Waals surface area contributed by atoms with Gasteiger partial charge in [-0.1, -0.05) is 6.07 Å². The maximum absolute atomic E-state index is 14.0. The van der Waals surface area contributed by atoms with E-state index < -0.39 is 0 Å². The summed E-state index contributed by atoms with van der Waals surface area (Å²) in [5.74, 6) is 0.0482. The number of methoxy groups -OCH3 is 1. The second-order valence-corrected chi connectivity index (χ2v) is 5.64. The molecule has 7 heteroatoms. The molecule has 2 rings (SSSR count). The number of anilines is 1. The molecule has 0 spiro atoms. The average molecular weight is 323 g/mol. The van der Waals surface area contributed by atoms with Crippen LogP contribution in [-0.4, -0.2) is 18.0 Å². The van der Waals surface area contributed by atoms with Crippen LogP contribution in [0.15, 0.2) is 23.6 Å². The van der Waals surface area contributed by atoms with Gasteiger partial charge in [0.1, 0.15) is 11.6 Å². The molecule has 0 saturated heterocycles. The molecule has 5 nitrogen and oxygen atoms in total. The number of ether oxygens (including phenoxy) is 1. The van der Waals surface area contributed by atoms with Crippen LogP contribution in [-0.2, 0) is 11.3 Å². The van der Waals surface area contributed by atoms with Gasteiger partial charge in [-0.05, 0) is 19.1 Å². The number of halogens is 1. The SMILES string of the molecule is COc1cccc(F)c1C(C)NCc1csc(NC(C)=O)n1. The van der Waals surface area contributed by atoms with Crippen LogP contribution in [0.3, 0.4) is 0 Å². The minimum absolute atomic E-state index is 0.154. The first-order chi connectivity index (χ1) is 10.5. The molecule has 0 fully saturated rings. The topological polar surface area (TPSA) is 63.2 Å². The Balaban J connectivity index is 2.02. The lowest BCUT2D eigenvalue weighted by molar-refractivity contribution is -0.114. The molecule has 2 N–H and O–H groups in total. The Kier molecular flexibility index (Phi) is 5.46. The van der Waals surface area contributed by atoms with Crippen molar-refractivity contribution >= 4 is 22.4 Å². The largest absolute Gasteiger partial charge is 0.496 e. The third-order valence-corrected chi connectivity index (χ3v) is 3.90. The van der Waals surface area contributed by atoms with Crippen molar-refractivity contribution < 1.29 is 13.9 Å². The maximum Gasteiger partial charge on any atom is 0.223 e. The van der Waals surface area contributed by atoms with Crippen molar-refractivity contribution in [2.24, 2.45) is 0 Å². The van der Waals surface area contributed by atoms with Crippen LogP contribution in [0.4, 0.5) is 9.52 Å². The molecule has 0 aliphatic carbocycles. The van der Waals surface area contributed by atoms with E-state index in [-0.39, 0.29) is 17.8 Å². The van der Waals surface area contributed by atoms with Gasteiger partial charge in [-0.2, -0.15) is 0 Å². The summed E-state index contributed by atoms with van der Waals surface area (Å²) < 4.78 is 19.2. The molecular formula is C15H18FN3O2S. The van der Waals surface area contributed by atoms with Crippen LogP contribution >= 0.6 is 11.3 Å². The van der Waals surface area contributed by atoms with Gasteiger partial charge in [0.05, 0.1) is 12.8 Å². The first kappa shape index (κ1) is 16.4. The number of hydrogen-bond donors (Lipinski definition) is 2. The molecule has 0 aliphatic heterocycles. The maximum atomic E-state index is 14.0. The Hall–Kier alpha value is -1.99. The number of thiazole rings is 1. The van der Waals surface area contributed by atoms with E-state index >= 15 is 0 Å². The standard InChI is InChI=1S/C15H18FN3O2S/c1-9(14-12(16)5-4-6-13(14)21-3)17-7-11-8-22-15(19-11)18-10(2)20/h4-6,8-9,17H,7H2,1-3H3,(H,18,19,20). The third-order valence-electron chi connectivity index (χ3n) is 3.09. The first-order valence-corrected chi connectivity index (χ1v) is 7.67. The van der Waals surface area contributed by atoms with Crippen molar-refractivity contribution in [2.45, 2.75) is 26.4 Å². The van der Waals surface area contributed by atoms with Gasteiger partial charge in [0.2, 0.25) is 5.91 Å². The summed E-state index contributed by atoms with van der Waals surface area (Å²) in [5, 5.41) is 8.25. The minimum Gasteiger partial charge on any atom is -0.496 e. The van der Waals surface area contributed by atoms with Gasteiger partial charge in [0, 0.05) is 30.5 Å². The van der Waals surface area contributed by atoms with Crippen molar-refractivity contribution in [2.75, 3.05) is 12.4 Å². The molecule has 1 heterocycles. The zero-order valence-corrected chi connectivity index (χ0v) is 13.5. The van der Waals surface area contributed by atoms with Gasteiger partial charge in [-0.25, -0.2) is 9.37 Å². The summed E-state index contributed by atoms with van der Waals surface area (Å²) in [6, 6.07) is 4.52. The van der Waals surface area contributed by atoms with E-state index in [1.165, 1.54) is 31.4 Å². The number of carbonyl (C=O) groups excluding carboxylic acids is 1. The Morgan fingerprint density at radius 1 is 1.50 bits per heavy atom. The highest BCUT2D eigenvalue weighted by atomic mass is 32.1. The highest BCUT2D eigenvalue weighted by molar-refractivity contribution is 7.13. The number of amides is 1. The van der Waals surface area contributed by atoms with Crippen molar-refractivity contribution in [3.8, 4) is 5.75 Å². The smallest absolute Gasteiger partial charge is 0.223 e. The molecule has 1 aromatic carbocycles. The Bertz CT molecular complexity index is 660. The molecular weight excluding hydrogens is 305 g/mol. The Morgan fingerprint density at radius 3 is 2.95 bits per heavy atom. The van der Waals surface area contributed by atoms with E-state index in [9.17, 15) is 9.18 Å². The van der Waals surface area contributed by atoms with Crippen molar-refractivity contribution in [3.05, 3.63) is 40.7 Å². The Labute approximate surface area is 132 Å². The lowest BCUT2D eigenvalue weighted by Crippen LogP contribution is -2.20. The molecule has 1 aromatic heterocycles. The van der Waals surface area contributed by atoms with Crippen LogP contribution in [0.25, 0.3) is 0 Å². The molecule has 0 aliphatic rings. The van der Waals surface area contributed by atoms with Gasteiger partial charge in [0.15, 0.2) is 5.13 Å². The molecule has 2 aromatic rings. The molecule has 1 atom stereocenters. The number of benzene rings is 1. The number of nitrogens with one attached hydrogen (secondary N) is 2. The third kappa shape index (κ3) is 4.02. The molecule has 118 valence electrons. The van der Waals surface area contributed by atoms with Crippen LogP contribution in [0.2, 0.25) is 0 Å². The van der Waals surface area contributed by atoms with Crippen molar-refractivity contribution in [3.63, 3.8) is 0 Å². The highest BCUT2D eigenvalue weighted by Crippen LogP contribution is 2.28. The van der Waals surface area contributed by atoms with Crippen molar-refractivity contribution in [1.29, 1.82) is 0 Å². The normalized spacial score (nSPS) is 12.0. The van der Waals surface area contributed by atoms with E-state index in [0.717, 1.165) is 5.69 Å². The fourth-order valence-electron chi connectivity index (χ4n) is 2.07. The number of hydrogen-bond acceptors (Lipinski definition) is 5. The quantitative estimate of drug-likeness (QED) is 0.857. The molecule has 1 amide bonds. The van der Waals surface area contributed by atoms with Gasteiger partial charge in [-0.3, -0.25) is 4.79 Å². The fourth-order valence-corrected chi connectivity index (χ4v) is 2.83. The summed E-state index contributed by atoms with van der Waals surface area (Å²) in [5.41, 5.74) is 1.28. The lowest BCUT2D eigenvalue weighted by Gasteiger charge is -2.17. The highest BCUT2D eigenvalue weighted by Gasteiger charge is 2.16. The van der Waals surface area contributed by atoms with Crippen LogP contribution in [0, 0.1) is 5.82 Å². The predicted molar refractivity (Wildman–Crippen MR) is 84.6 cm³/mol. The van der Waals surface area contributed by atoms with Gasteiger partial charge >= 0.3 is 0 Å². The van der Waals surface area contributed by atoms with E-state index in [2.05, 4.69) is 15.6 Å². The summed E-state index contributed by atoms with van der Waals surface area (Å²) in [6.07, 6.45) is 0. The molecule has 1 unspecified atom stereocenters. The van der Waals surface area contributed by atoms with Crippen LogP contribution in [0.5, 0.6) is 5.75 Å². The zero-order chi connectivity index (χ0) is 16.1. The molecule has 0 radical (unpaired) electrons. The van der Waals surface area contributed by atoms with Gasteiger partial charge in [0.25, 0.3) is 0 Å². The number of rotatable bonds is 6. The molecule has 0 saturated carbocycles. The summed E-state index contributed by atoms with van der Waals surface area (Å²) in [7, 11) is 1.52. The predicted octanol–water partition coefficient (Wildman–Crippen LogP) is 3.10. The van der Waals surface area contributed by atoms with E-state index in [4.69, 9.17) is 4.74 Å². The van der Waals surface area contributed by atoms with Crippen LogP contribution < -0.4 is 15.4 Å². The fraction of sp³-hybridized carbons (Fsp3) is 0.333. The summed E-state index contributed by atoms with van der Waals surface area (Å²) in [6.45, 7) is 3.77. The monoisotopic (exact) mass is 323 g/mol. The summed E-state index contributed by atoms with van der Waals surface area (Å²) >= 11 is 1.35. The first-order valence-electron chi connectivity index (χ1n) is 6.79. The number of carbonyl (C=O) groups is 1. The number of nitrogens with zero attached hydrogens (tertiary/aromatic N) is 1. The molecule has 0 bridgehead atoms.